The lowest BCUT2D eigenvalue weighted by Gasteiger charge is -1.94. The normalized spacial score (nSPS) is 10.5. The van der Waals surface area contributed by atoms with Crippen LogP contribution < -0.4 is 0 Å². The third-order valence-electron chi connectivity index (χ3n) is 1.76. The van der Waals surface area contributed by atoms with Crippen molar-refractivity contribution in [1.82, 2.24) is 4.98 Å². The monoisotopic (exact) mass is 245 g/mol. The molecule has 0 amide bonds. The second-order valence-electron chi connectivity index (χ2n) is 3.17. The summed E-state index contributed by atoms with van der Waals surface area (Å²) in [6.45, 7) is 2.16. The summed E-state index contributed by atoms with van der Waals surface area (Å²) >= 11 is 3.51. The Bertz CT molecular complexity index is 312. The average molecular weight is 245 g/mol. The Morgan fingerprint density at radius 2 is 2.47 bits per heavy atom. The van der Waals surface area contributed by atoms with Gasteiger partial charge in [-0.25, -0.2) is 4.98 Å². The van der Waals surface area contributed by atoms with E-state index in [0.29, 0.717) is 6.42 Å². The van der Waals surface area contributed by atoms with E-state index in [2.05, 4.69) is 11.9 Å². The zero-order chi connectivity index (χ0) is 11.1. The first kappa shape index (κ1) is 12.5. The van der Waals surface area contributed by atoms with Crippen LogP contribution in [0.25, 0.3) is 0 Å². The van der Waals surface area contributed by atoms with Crippen molar-refractivity contribution in [1.29, 1.82) is 0 Å². The van der Waals surface area contributed by atoms with Crippen LogP contribution in [0.15, 0.2) is 6.20 Å². The van der Waals surface area contributed by atoms with Crippen LogP contribution >= 0.6 is 23.1 Å². The summed E-state index contributed by atoms with van der Waals surface area (Å²) in [6, 6.07) is 0. The third-order valence-corrected chi connectivity index (χ3v) is 4.18. The van der Waals surface area contributed by atoms with E-state index in [-0.39, 0.29) is 6.42 Å². The van der Waals surface area contributed by atoms with E-state index in [1.807, 2.05) is 11.8 Å². The smallest absolute Gasteiger partial charge is 0.303 e. The van der Waals surface area contributed by atoms with Crippen molar-refractivity contribution in [2.75, 3.05) is 5.75 Å². The Morgan fingerprint density at radius 3 is 3.13 bits per heavy atom. The first-order valence-corrected chi connectivity index (χ1v) is 6.92. The fraction of sp³-hybridized carbons (Fsp3) is 0.600. The van der Waals surface area contributed by atoms with E-state index in [0.717, 1.165) is 21.4 Å². The molecule has 0 aliphatic rings. The van der Waals surface area contributed by atoms with E-state index in [1.165, 1.54) is 6.42 Å². The molecule has 3 nitrogen and oxygen atoms in total. The van der Waals surface area contributed by atoms with Gasteiger partial charge in [0.2, 0.25) is 0 Å². The number of hydrogen-bond donors (Lipinski definition) is 1. The van der Waals surface area contributed by atoms with Gasteiger partial charge in [-0.05, 0) is 18.6 Å². The van der Waals surface area contributed by atoms with Crippen molar-refractivity contribution in [2.45, 2.75) is 31.9 Å². The molecule has 0 atom stereocenters. The zero-order valence-electron chi connectivity index (χ0n) is 8.73. The largest absolute Gasteiger partial charge is 0.481 e. The van der Waals surface area contributed by atoms with Gasteiger partial charge in [-0.15, -0.1) is 11.3 Å². The second-order valence-corrected chi connectivity index (χ2v) is 5.47. The van der Waals surface area contributed by atoms with Crippen LogP contribution in [0.1, 0.15) is 29.7 Å². The molecular weight excluding hydrogens is 230 g/mol. The molecule has 1 aromatic heterocycles. The molecule has 0 spiro atoms. The summed E-state index contributed by atoms with van der Waals surface area (Å²) in [7, 11) is 0. The molecule has 0 bridgehead atoms. The minimum absolute atomic E-state index is 0.198. The van der Waals surface area contributed by atoms with Gasteiger partial charge in [-0.1, -0.05) is 6.92 Å². The quantitative estimate of drug-likeness (QED) is 0.750. The summed E-state index contributed by atoms with van der Waals surface area (Å²) in [5.41, 5.74) is 0. The highest BCUT2D eigenvalue weighted by atomic mass is 32.2. The van der Waals surface area contributed by atoms with Crippen LogP contribution in [0.2, 0.25) is 0 Å². The Morgan fingerprint density at radius 1 is 1.67 bits per heavy atom. The topological polar surface area (TPSA) is 50.2 Å². The average Bonchev–Trinajstić information content (AvgIpc) is 2.63. The second kappa shape index (κ2) is 6.85. The molecule has 0 aliphatic carbocycles. The van der Waals surface area contributed by atoms with Crippen LogP contribution in [0.5, 0.6) is 0 Å². The van der Waals surface area contributed by atoms with Crippen LogP contribution in [0, 0.1) is 0 Å². The Balaban J connectivity index is 2.32. The van der Waals surface area contributed by atoms with Crippen molar-refractivity contribution in [2.24, 2.45) is 0 Å². The highest BCUT2D eigenvalue weighted by Gasteiger charge is 2.04. The van der Waals surface area contributed by atoms with Gasteiger partial charge in [-0.3, -0.25) is 4.79 Å². The molecule has 15 heavy (non-hydrogen) atoms. The number of aryl methyl sites for hydroxylation is 1. The molecular formula is C10H15NO2S2. The maximum Gasteiger partial charge on any atom is 0.303 e. The Hall–Kier alpha value is -0.550. The van der Waals surface area contributed by atoms with Crippen molar-refractivity contribution in [3.8, 4) is 0 Å². The van der Waals surface area contributed by atoms with Crippen molar-refractivity contribution in [3.63, 3.8) is 0 Å². The van der Waals surface area contributed by atoms with E-state index in [4.69, 9.17) is 5.11 Å². The molecule has 0 aromatic carbocycles. The van der Waals surface area contributed by atoms with E-state index in [9.17, 15) is 4.79 Å². The highest BCUT2D eigenvalue weighted by molar-refractivity contribution is 7.98. The SMILES string of the molecule is CCCSCc1ncc(CCC(=O)O)s1. The first-order valence-electron chi connectivity index (χ1n) is 4.95. The highest BCUT2D eigenvalue weighted by Crippen LogP contribution is 2.20. The Labute approximate surface area is 97.9 Å². The first-order chi connectivity index (χ1) is 7.22. The molecule has 0 saturated heterocycles. The minimum atomic E-state index is -0.745. The Kier molecular flexibility index (Phi) is 5.71. The van der Waals surface area contributed by atoms with Crippen molar-refractivity contribution >= 4 is 29.1 Å². The van der Waals surface area contributed by atoms with Crippen LogP contribution in [0.4, 0.5) is 0 Å². The summed E-state index contributed by atoms with van der Waals surface area (Å²) in [5.74, 6) is 1.36. The molecule has 0 saturated carbocycles. The number of thiazole rings is 1. The minimum Gasteiger partial charge on any atom is -0.481 e. The van der Waals surface area contributed by atoms with Gasteiger partial charge >= 0.3 is 5.97 Å². The number of nitrogens with zero attached hydrogens (tertiary/aromatic N) is 1. The predicted molar refractivity (Wildman–Crippen MR) is 64.5 cm³/mol. The number of rotatable bonds is 7. The molecule has 1 aromatic rings. The number of carbonyl (C=O) groups is 1. The van der Waals surface area contributed by atoms with E-state index in [1.54, 1.807) is 17.5 Å². The number of carboxylic acid groups (broad SMARTS) is 1. The van der Waals surface area contributed by atoms with Gasteiger partial charge < -0.3 is 5.11 Å². The van der Waals surface area contributed by atoms with Gasteiger partial charge in [0.15, 0.2) is 0 Å². The lowest BCUT2D eigenvalue weighted by Crippen LogP contribution is -1.95. The lowest BCUT2D eigenvalue weighted by atomic mass is 10.3. The van der Waals surface area contributed by atoms with Gasteiger partial charge in [0.05, 0.1) is 6.42 Å². The van der Waals surface area contributed by atoms with E-state index < -0.39 is 5.97 Å². The van der Waals surface area contributed by atoms with Gasteiger partial charge in [0.25, 0.3) is 0 Å². The molecule has 84 valence electrons. The number of hydrogen-bond acceptors (Lipinski definition) is 4. The van der Waals surface area contributed by atoms with Gasteiger partial charge in [0, 0.05) is 16.8 Å². The maximum atomic E-state index is 10.4. The van der Waals surface area contributed by atoms with E-state index >= 15 is 0 Å². The summed E-state index contributed by atoms with van der Waals surface area (Å²) in [4.78, 5) is 15.7. The number of aliphatic carboxylic acids is 1. The van der Waals surface area contributed by atoms with Crippen molar-refractivity contribution < 1.29 is 9.90 Å². The fourth-order valence-corrected chi connectivity index (χ4v) is 2.95. The van der Waals surface area contributed by atoms with Gasteiger partial charge in [0.1, 0.15) is 5.01 Å². The molecule has 0 aliphatic heterocycles. The molecule has 0 radical (unpaired) electrons. The summed E-state index contributed by atoms with van der Waals surface area (Å²) in [5, 5.41) is 9.64. The molecule has 1 N–H and O–H groups in total. The number of carboxylic acids is 1. The zero-order valence-corrected chi connectivity index (χ0v) is 10.4. The summed E-state index contributed by atoms with van der Waals surface area (Å²) in [6.07, 6.45) is 3.78. The lowest BCUT2D eigenvalue weighted by molar-refractivity contribution is -0.136. The molecule has 1 heterocycles. The van der Waals surface area contributed by atoms with Gasteiger partial charge in [-0.2, -0.15) is 11.8 Å². The predicted octanol–water partition coefficient (Wildman–Crippen LogP) is 2.80. The van der Waals surface area contributed by atoms with Crippen LogP contribution in [-0.4, -0.2) is 21.8 Å². The third kappa shape index (κ3) is 5.18. The van der Waals surface area contributed by atoms with Crippen LogP contribution in [0.3, 0.4) is 0 Å². The molecule has 0 unspecified atom stereocenters. The number of thioether (sulfide) groups is 1. The van der Waals surface area contributed by atoms with Crippen molar-refractivity contribution in [3.05, 3.63) is 16.1 Å². The molecule has 1 rings (SSSR count). The maximum absolute atomic E-state index is 10.4. The molecule has 0 fully saturated rings. The van der Waals surface area contributed by atoms with Crippen LogP contribution in [-0.2, 0) is 17.0 Å². The summed E-state index contributed by atoms with van der Waals surface area (Å²) < 4.78 is 0. The molecule has 5 heteroatoms. The number of aromatic nitrogens is 1. The standard InChI is InChI=1S/C10H15NO2S2/c1-2-5-14-7-9-11-6-8(15-9)3-4-10(12)13/h6H,2-5,7H2,1H3,(H,12,13). The fourth-order valence-electron chi connectivity index (χ4n) is 1.06.